The van der Waals surface area contributed by atoms with Gasteiger partial charge in [0.25, 0.3) is 0 Å². The highest BCUT2D eigenvalue weighted by Crippen LogP contribution is 2.17. The van der Waals surface area contributed by atoms with Gasteiger partial charge in [-0.05, 0) is 24.1 Å². The summed E-state index contributed by atoms with van der Waals surface area (Å²) >= 11 is 0. The number of benzene rings is 2. The second-order valence-corrected chi connectivity index (χ2v) is 5.52. The van der Waals surface area contributed by atoms with Gasteiger partial charge < -0.3 is 5.32 Å². The van der Waals surface area contributed by atoms with Gasteiger partial charge in [0.05, 0.1) is 0 Å². The van der Waals surface area contributed by atoms with Crippen molar-refractivity contribution >= 4 is 12.4 Å². The zero-order valence-electron chi connectivity index (χ0n) is 12.2. The topological polar surface area (TPSA) is 15.3 Å². The summed E-state index contributed by atoms with van der Waals surface area (Å²) in [5.74, 6) is 0. The SMILES string of the molecule is Cl.c1ccc(CN(Cc2ccccc2)C2CCNC2)cc1. The van der Waals surface area contributed by atoms with Crippen molar-refractivity contribution in [1.82, 2.24) is 10.2 Å². The van der Waals surface area contributed by atoms with E-state index in [1.54, 1.807) is 0 Å². The van der Waals surface area contributed by atoms with Crippen molar-refractivity contribution in [3.05, 3.63) is 71.8 Å². The van der Waals surface area contributed by atoms with E-state index in [2.05, 4.69) is 70.9 Å². The lowest BCUT2D eigenvalue weighted by Crippen LogP contribution is -2.35. The first-order valence-electron chi connectivity index (χ1n) is 7.44. The molecule has 1 N–H and O–H groups in total. The van der Waals surface area contributed by atoms with Crippen LogP contribution in [-0.2, 0) is 13.1 Å². The van der Waals surface area contributed by atoms with Crippen LogP contribution in [0.5, 0.6) is 0 Å². The molecule has 2 aromatic rings. The molecule has 0 amide bonds. The van der Waals surface area contributed by atoms with E-state index in [1.807, 2.05) is 0 Å². The van der Waals surface area contributed by atoms with E-state index < -0.39 is 0 Å². The Bertz CT molecular complexity index is 468. The Labute approximate surface area is 133 Å². The van der Waals surface area contributed by atoms with Crippen LogP contribution in [0.1, 0.15) is 17.5 Å². The average molecular weight is 303 g/mol. The van der Waals surface area contributed by atoms with Gasteiger partial charge in [-0.1, -0.05) is 60.7 Å². The van der Waals surface area contributed by atoms with Crippen molar-refractivity contribution in [3.63, 3.8) is 0 Å². The van der Waals surface area contributed by atoms with Crippen LogP contribution in [0.25, 0.3) is 0 Å². The Morgan fingerprint density at radius 2 is 1.38 bits per heavy atom. The molecule has 0 spiro atoms. The summed E-state index contributed by atoms with van der Waals surface area (Å²) in [5.41, 5.74) is 2.80. The third-order valence-electron chi connectivity index (χ3n) is 4.01. The van der Waals surface area contributed by atoms with Crippen molar-refractivity contribution in [2.45, 2.75) is 25.6 Å². The Morgan fingerprint density at radius 3 is 1.81 bits per heavy atom. The van der Waals surface area contributed by atoms with Gasteiger partial charge in [-0.15, -0.1) is 12.4 Å². The second kappa shape index (κ2) is 8.18. The van der Waals surface area contributed by atoms with Crippen LogP contribution in [0.4, 0.5) is 0 Å². The molecule has 112 valence electrons. The molecule has 3 heteroatoms. The molecule has 0 aliphatic carbocycles. The number of rotatable bonds is 5. The van der Waals surface area contributed by atoms with E-state index >= 15 is 0 Å². The third-order valence-corrected chi connectivity index (χ3v) is 4.01. The van der Waals surface area contributed by atoms with Gasteiger partial charge in [-0.2, -0.15) is 0 Å². The first-order valence-corrected chi connectivity index (χ1v) is 7.44. The van der Waals surface area contributed by atoms with Crippen molar-refractivity contribution in [1.29, 1.82) is 0 Å². The Morgan fingerprint density at radius 1 is 0.857 bits per heavy atom. The quantitative estimate of drug-likeness (QED) is 0.910. The van der Waals surface area contributed by atoms with Crippen molar-refractivity contribution in [2.75, 3.05) is 13.1 Å². The van der Waals surface area contributed by atoms with Gasteiger partial charge in [0.2, 0.25) is 0 Å². The van der Waals surface area contributed by atoms with Crippen LogP contribution in [0, 0.1) is 0 Å². The number of hydrogen-bond acceptors (Lipinski definition) is 2. The minimum atomic E-state index is 0. The zero-order chi connectivity index (χ0) is 13.6. The second-order valence-electron chi connectivity index (χ2n) is 5.52. The normalized spacial score (nSPS) is 17.7. The molecule has 1 aliphatic rings. The highest BCUT2D eigenvalue weighted by Gasteiger charge is 2.22. The molecule has 0 bridgehead atoms. The summed E-state index contributed by atoms with van der Waals surface area (Å²) in [6.45, 7) is 4.31. The number of nitrogens with zero attached hydrogens (tertiary/aromatic N) is 1. The predicted molar refractivity (Wildman–Crippen MR) is 90.7 cm³/mol. The largest absolute Gasteiger partial charge is 0.315 e. The molecule has 0 saturated carbocycles. The molecule has 1 fully saturated rings. The van der Waals surface area contributed by atoms with Crippen molar-refractivity contribution < 1.29 is 0 Å². The molecule has 0 radical (unpaired) electrons. The molecule has 0 aromatic heterocycles. The number of nitrogens with one attached hydrogen (secondary N) is 1. The maximum Gasteiger partial charge on any atom is 0.0240 e. The Hall–Kier alpha value is -1.35. The van der Waals surface area contributed by atoms with Gasteiger partial charge in [0, 0.05) is 25.7 Å². The van der Waals surface area contributed by atoms with E-state index in [0.29, 0.717) is 6.04 Å². The van der Waals surface area contributed by atoms with Gasteiger partial charge in [0.1, 0.15) is 0 Å². The average Bonchev–Trinajstić information content (AvgIpc) is 3.03. The molecule has 1 saturated heterocycles. The molecule has 3 rings (SSSR count). The molecule has 1 unspecified atom stereocenters. The smallest absolute Gasteiger partial charge is 0.0240 e. The van der Waals surface area contributed by atoms with Crippen LogP contribution >= 0.6 is 12.4 Å². The number of hydrogen-bond donors (Lipinski definition) is 1. The minimum absolute atomic E-state index is 0. The lowest BCUT2D eigenvalue weighted by molar-refractivity contribution is 0.190. The van der Waals surface area contributed by atoms with E-state index in [4.69, 9.17) is 0 Å². The summed E-state index contributed by atoms with van der Waals surface area (Å²) in [6, 6.07) is 22.2. The van der Waals surface area contributed by atoms with Crippen LogP contribution in [-0.4, -0.2) is 24.0 Å². The van der Waals surface area contributed by atoms with E-state index in [-0.39, 0.29) is 12.4 Å². The summed E-state index contributed by atoms with van der Waals surface area (Å²) in [6.07, 6.45) is 1.25. The van der Waals surface area contributed by atoms with Crippen LogP contribution < -0.4 is 5.32 Å². The summed E-state index contributed by atoms with van der Waals surface area (Å²) in [5, 5.41) is 3.48. The maximum atomic E-state index is 3.48. The fourth-order valence-corrected chi connectivity index (χ4v) is 2.90. The Balaban J connectivity index is 0.00000161. The third kappa shape index (κ3) is 4.57. The highest BCUT2D eigenvalue weighted by atomic mass is 35.5. The molecule has 1 aliphatic heterocycles. The molecule has 21 heavy (non-hydrogen) atoms. The summed E-state index contributed by atoms with van der Waals surface area (Å²) in [4.78, 5) is 2.60. The van der Waals surface area contributed by atoms with Crippen LogP contribution in [0.2, 0.25) is 0 Å². The van der Waals surface area contributed by atoms with E-state index in [9.17, 15) is 0 Å². The van der Waals surface area contributed by atoms with Gasteiger partial charge >= 0.3 is 0 Å². The maximum absolute atomic E-state index is 3.48. The van der Waals surface area contributed by atoms with Crippen LogP contribution in [0.15, 0.2) is 60.7 Å². The highest BCUT2D eigenvalue weighted by molar-refractivity contribution is 5.85. The molecule has 2 aromatic carbocycles. The first kappa shape index (κ1) is 16.0. The minimum Gasteiger partial charge on any atom is -0.315 e. The fraction of sp³-hybridized carbons (Fsp3) is 0.333. The van der Waals surface area contributed by atoms with Gasteiger partial charge in [0.15, 0.2) is 0 Å². The van der Waals surface area contributed by atoms with Gasteiger partial charge in [-0.25, -0.2) is 0 Å². The summed E-state index contributed by atoms with van der Waals surface area (Å²) < 4.78 is 0. The first-order chi connectivity index (χ1) is 9.92. The Kier molecular flexibility index (Phi) is 6.24. The predicted octanol–water partition coefficient (Wildman–Crippen LogP) is 3.47. The standard InChI is InChI=1S/C18H22N2.ClH/c1-3-7-16(8-4-1)14-20(18-11-12-19-13-18)15-17-9-5-2-6-10-17;/h1-10,18-19H,11-15H2;1H. The molecular weight excluding hydrogens is 280 g/mol. The van der Waals surface area contributed by atoms with E-state index in [0.717, 1.165) is 26.2 Å². The summed E-state index contributed by atoms with van der Waals surface area (Å²) in [7, 11) is 0. The van der Waals surface area contributed by atoms with E-state index in [1.165, 1.54) is 17.5 Å². The number of halogens is 1. The van der Waals surface area contributed by atoms with Crippen molar-refractivity contribution in [2.24, 2.45) is 0 Å². The zero-order valence-corrected chi connectivity index (χ0v) is 13.1. The molecule has 1 heterocycles. The molecular formula is C18H23ClN2. The van der Waals surface area contributed by atoms with Gasteiger partial charge in [-0.3, -0.25) is 4.90 Å². The molecule has 1 atom stereocenters. The lowest BCUT2D eigenvalue weighted by Gasteiger charge is -2.28. The fourth-order valence-electron chi connectivity index (χ4n) is 2.90. The van der Waals surface area contributed by atoms with Crippen molar-refractivity contribution in [3.8, 4) is 0 Å². The van der Waals surface area contributed by atoms with Crippen LogP contribution in [0.3, 0.4) is 0 Å². The molecule has 2 nitrogen and oxygen atoms in total. The monoisotopic (exact) mass is 302 g/mol. The lowest BCUT2D eigenvalue weighted by atomic mass is 10.1.